The average molecular weight is 959 g/mol. The van der Waals surface area contributed by atoms with E-state index in [2.05, 4.69) is 54.5 Å². The lowest BCUT2D eigenvalue weighted by atomic mass is 9.32. The van der Waals surface area contributed by atoms with Gasteiger partial charge in [0.1, 0.15) is 72.6 Å². The van der Waals surface area contributed by atoms with Crippen LogP contribution in [0.4, 0.5) is 0 Å². The van der Waals surface area contributed by atoms with E-state index in [1.54, 1.807) is 0 Å². The molecular formula is C48H78O19. The van der Waals surface area contributed by atoms with E-state index in [0.717, 1.165) is 5.57 Å². The molecule has 25 atom stereocenters. The number of carboxylic acid groups (broad SMARTS) is 1. The fourth-order valence-corrected chi connectivity index (χ4v) is 15.2. The number of hydrogen-bond donors (Lipinski definition) is 12. The van der Waals surface area contributed by atoms with Crippen LogP contribution in [0.15, 0.2) is 11.6 Å². The number of aliphatic hydroxyl groups is 11. The Kier molecular flexibility index (Phi) is 13.9. The van der Waals surface area contributed by atoms with Crippen molar-refractivity contribution in [2.24, 2.45) is 50.2 Å². The number of carbonyl (C=O) groups is 1. The summed E-state index contributed by atoms with van der Waals surface area (Å²) < 4.78 is 35.9. The predicted octanol–water partition coefficient (Wildman–Crippen LogP) is -0.325. The summed E-state index contributed by atoms with van der Waals surface area (Å²) in [7, 11) is 0. The number of rotatable bonds is 9. The Bertz CT molecular complexity index is 1850. The number of ether oxygens (including phenoxy) is 6. The van der Waals surface area contributed by atoms with Gasteiger partial charge in [-0.15, -0.1) is 0 Å². The van der Waals surface area contributed by atoms with Crippen LogP contribution in [0.3, 0.4) is 0 Å². The predicted molar refractivity (Wildman–Crippen MR) is 232 cm³/mol. The van der Waals surface area contributed by atoms with Gasteiger partial charge in [-0.25, -0.2) is 0 Å². The third-order valence-corrected chi connectivity index (χ3v) is 19.4. The van der Waals surface area contributed by atoms with Gasteiger partial charge in [0.2, 0.25) is 0 Å². The molecule has 8 aliphatic rings. The second kappa shape index (κ2) is 17.9. The molecule has 0 aromatic rings. The van der Waals surface area contributed by atoms with Crippen molar-refractivity contribution in [1.29, 1.82) is 0 Å². The second-order valence-corrected chi connectivity index (χ2v) is 23.6. The second-order valence-electron chi connectivity index (χ2n) is 23.6. The fourth-order valence-electron chi connectivity index (χ4n) is 15.2. The largest absolute Gasteiger partial charge is 0.481 e. The summed E-state index contributed by atoms with van der Waals surface area (Å²) in [6.07, 6.45) is -20.1. The number of hydrogen-bond acceptors (Lipinski definition) is 18. The molecule has 0 amide bonds. The SMILES string of the molecule is CC1OC(OC2C(OC3C(CO)OC(OC4CCC5(C)C(CC(O)C6(C)C5CC=C5C7CC(C)(C)CC(O)C7(C(=O)O)CCC56C)C4(C)C)C(O)C3O)OC(CO)C(O)C2O)C(O)C(O)C1O. The van der Waals surface area contributed by atoms with Crippen LogP contribution in [0.2, 0.25) is 0 Å². The van der Waals surface area contributed by atoms with Crippen LogP contribution in [-0.2, 0) is 33.2 Å². The van der Waals surface area contributed by atoms with Crippen molar-refractivity contribution in [2.45, 2.75) is 217 Å². The Morgan fingerprint density at radius 3 is 1.90 bits per heavy atom. The van der Waals surface area contributed by atoms with Crippen LogP contribution < -0.4 is 0 Å². The zero-order chi connectivity index (χ0) is 49.3. The molecule has 3 saturated heterocycles. The molecule has 0 spiro atoms. The number of allylic oxidation sites excluding steroid dienone is 2. The molecule has 19 nitrogen and oxygen atoms in total. The van der Waals surface area contributed by atoms with Crippen molar-refractivity contribution in [3.63, 3.8) is 0 Å². The minimum Gasteiger partial charge on any atom is -0.481 e. The smallest absolute Gasteiger partial charge is 0.312 e. The van der Waals surface area contributed by atoms with Gasteiger partial charge in [0.05, 0.1) is 37.6 Å². The van der Waals surface area contributed by atoms with Crippen molar-refractivity contribution < 1.29 is 94.5 Å². The molecule has 0 bridgehead atoms. The van der Waals surface area contributed by atoms with Crippen LogP contribution in [0.5, 0.6) is 0 Å². The minimum atomic E-state index is -1.86. The van der Waals surface area contributed by atoms with E-state index in [0.29, 0.717) is 51.4 Å². The zero-order valence-electron chi connectivity index (χ0n) is 40.0. The van der Waals surface area contributed by atoms with Gasteiger partial charge < -0.3 is 89.7 Å². The molecule has 19 heteroatoms. The molecule has 25 unspecified atom stereocenters. The Morgan fingerprint density at radius 2 is 1.25 bits per heavy atom. The number of aliphatic carboxylic acids is 1. The van der Waals surface area contributed by atoms with Gasteiger partial charge in [-0.2, -0.15) is 0 Å². The number of aliphatic hydroxyl groups excluding tert-OH is 11. The first-order valence-corrected chi connectivity index (χ1v) is 24.4. The molecule has 3 aliphatic heterocycles. The van der Waals surface area contributed by atoms with Gasteiger partial charge in [-0.05, 0) is 97.7 Å². The summed E-state index contributed by atoms with van der Waals surface area (Å²) in [5, 5.41) is 132. The fraction of sp³-hybridized carbons (Fsp3) is 0.938. The molecule has 0 radical (unpaired) electrons. The van der Waals surface area contributed by atoms with Gasteiger partial charge in [-0.3, -0.25) is 4.79 Å². The maximum Gasteiger partial charge on any atom is 0.312 e. The van der Waals surface area contributed by atoms with Crippen molar-refractivity contribution in [2.75, 3.05) is 13.2 Å². The van der Waals surface area contributed by atoms with Crippen LogP contribution in [0, 0.1) is 50.2 Å². The Balaban J connectivity index is 1.00. The highest BCUT2D eigenvalue weighted by atomic mass is 16.8. The molecule has 4 saturated carbocycles. The monoisotopic (exact) mass is 959 g/mol. The Hall–Kier alpha value is -1.47. The first-order chi connectivity index (χ1) is 31.2. The lowest BCUT2D eigenvalue weighted by molar-refractivity contribution is -0.390. The van der Waals surface area contributed by atoms with E-state index >= 15 is 0 Å². The van der Waals surface area contributed by atoms with Gasteiger partial charge in [0.15, 0.2) is 18.9 Å². The first-order valence-electron chi connectivity index (χ1n) is 24.4. The summed E-state index contributed by atoms with van der Waals surface area (Å²) in [4.78, 5) is 13.2. The van der Waals surface area contributed by atoms with Crippen molar-refractivity contribution in [1.82, 2.24) is 0 Å². The van der Waals surface area contributed by atoms with Crippen LogP contribution in [0.25, 0.3) is 0 Å². The standard InChI is InChI=1S/C48H78O19/c1-20-30(53)32(55)35(58)39(62-20)67-38-33(56)31(54)23(18-49)63-41(38)66-37-24(19-50)64-40(36(59)34(37)57)65-29-11-12-45(6)25-10-9-21-22-16-43(2,3)17-28(52)48(22,42(60)61)14-13-46(21,7)47(25,8)27(51)15-26(45)44(29,4)5/h9,20,22-41,49-59H,10-19H2,1-8H3,(H,60,61). The summed E-state index contributed by atoms with van der Waals surface area (Å²) >= 11 is 0. The molecule has 3 heterocycles. The molecule has 5 aliphatic carbocycles. The molecule has 7 fully saturated rings. The van der Waals surface area contributed by atoms with Crippen molar-refractivity contribution >= 4 is 5.97 Å². The number of carboxylic acids is 1. The summed E-state index contributed by atoms with van der Waals surface area (Å²) in [6, 6.07) is 0. The first kappa shape index (κ1) is 51.9. The number of fused-ring (bicyclic) bond motifs is 7. The quantitative estimate of drug-likeness (QED) is 0.104. The minimum absolute atomic E-state index is 0.00414. The van der Waals surface area contributed by atoms with Crippen LogP contribution in [-0.4, -0.2) is 191 Å². The Labute approximate surface area is 392 Å². The lowest BCUT2D eigenvalue weighted by Crippen LogP contribution is -2.70. The maximum absolute atomic E-state index is 13.2. The molecule has 384 valence electrons. The highest BCUT2D eigenvalue weighted by molar-refractivity contribution is 5.77. The van der Waals surface area contributed by atoms with E-state index in [1.807, 2.05) is 0 Å². The molecule has 0 aromatic heterocycles. The molecular weight excluding hydrogens is 881 g/mol. The van der Waals surface area contributed by atoms with Gasteiger partial charge in [0.25, 0.3) is 0 Å². The summed E-state index contributed by atoms with van der Waals surface area (Å²) in [5.41, 5.74) is -2.61. The Morgan fingerprint density at radius 1 is 0.657 bits per heavy atom. The van der Waals surface area contributed by atoms with E-state index in [9.17, 15) is 66.1 Å². The molecule has 67 heavy (non-hydrogen) atoms. The topological polar surface area (TPSA) is 315 Å². The van der Waals surface area contributed by atoms with E-state index < -0.39 is 151 Å². The molecule has 0 aromatic carbocycles. The van der Waals surface area contributed by atoms with E-state index in [-0.39, 0.29) is 28.6 Å². The average Bonchev–Trinajstić information content (AvgIpc) is 3.25. The maximum atomic E-state index is 13.2. The van der Waals surface area contributed by atoms with Gasteiger partial charge >= 0.3 is 5.97 Å². The van der Waals surface area contributed by atoms with Crippen LogP contribution in [0.1, 0.15) is 107 Å². The van der Waals surface area contributed by atoms with Crippen molar-refractivity contribution in [3.05, 3.63) is 11.6 Å². The van der Waals surface area contributed by atoms with Gasteiger partial charge in [0, 0.05) is 5.41 Å². The summed E-state index contributed by atoms with van der Waals surface area (Å²) in [5.74, 6) is -1.42. The van der Waals surface area contributed by atoms with Gasteiger partial charge in [-0.1, -0.05) is 60.1 Å². The highest BCUT2D eigenvalue weighted by Gasteiger charge is 2.73. The third-order valence-electron chi connectivity index (χ3n) is 19.4. The third kappa shape index (κ3) is 7.83. The lowest BCUT2D eigenvalue weighted by Gasteiger charge is -2.72. The van der Waals surface area contributed by atoms with Crippen molar-refractivity contribution in [3.8, 4) is 0 Å². The molecule has 8 rings (SSSR count). The summed E-state index contributed by atoms with van der Waals surface area (Å²) in [6.45, 7) is 14.9. The van der Waals surface area contributed by atoms with E-state index in [1.165, 1.54) is 6.92 Å². The van der Waals surface area contributed by atoms with Crippen LogP contribution >= 0.6 is 0 Å². The molecule has 12 N–H and O–H groups in total. The zero-order valence-corrected chi connectivity index (χ0v) is 40.0. The highest BCUT2D eigenvalue weighted by Crippen LogP contribution is 2.76. The normalized spacial score (nSPS) is 55.0. The van der Waals surface area contributed by atoms with E-state index in [4.69, 9.17) is 28.4 Å².